The van der Waals surface area contributed by atoms with Crippen molar-refractivity contribution in [2.75, 3.05) is 69.8 Å². The number of anilines is 2. The molecule has 1 unspecified atom stereocenters. The van der Waals surface area contributed by atoms with Crippen molar-refractivity contribution in [2.24, 2.45) is 10.9 Å². The first-order valence-corrected chi connectivity index (χ1v) is 10.9. The predicted molar refractivity (Wildman–Crippen MR) is 125 cm³/mol. The molecule has 0 aromatic heterocycles. The van der Waals surface area contributed by atoms with Crippen molar-refractivity contribution in [2.45, 2.75) is 6.42 Å². The lowest BCUT2D eigenvalue weighted by atomic mass is 10.1. The molecule has 0 amide bonds. The molecule has 4 rings (SSSR count). The SMILES string of the molecule is CN=C(NCC1CCN(c2cccc(OC)c2)C1)N1CCN(c2ccccc2)CC1. The van der Waals surface area contributed by atoms with Gasteiger partial charge in [0, 0.05) is 70.3 Å². The molecule has 2 heterocycles. The third kappa shape index (κ3) is 4.81. The van der Waals surface area contributed by atoms with E-state index in [2.05, 4.69) is 73.5 Å². The summed E-state index contributed by atoms with van der Waals surface area (Å²) in [5.74, 6) is 2.57. The van der Waals surface area contributed by atoms with Gasteiger partial charge in [0.1, 0.15) is 5.75 Å². The van der Waals surface area contributed by atoms with Gasteiger partial charge < -0.3 is 24.8 Å². The van der Waals surface area contributed by atoms with Gasteiger partial charge in [-0.2, -0.15) is 0 Å². The Labute approximate surface area is 180 Å². The molecule has 2 aromatic carbocycles. The summed E-state index contributed by atoms with van der Waals surface area (Å²) >= 11 is 0. The predicted octanol–water partition coefficient (Wildman–Crippen LogP) is 2.92. The van der Waals surface area contributed by atoms with E-state index in [0.29, 0.717) is 5.92 Å². The highest BCUT2D eigenvalue weighted by atomic mass is 16.5. The Hall–Kier alpha value is -2.89. The number of ether oxygens (including phenoxy) is 1. The lowest BCUT2D eigenvalue weighted by Crippen LogP contribution is -2.53. The standard InChI is InChI=1S/C24H33N5O/c1-25-24(28-15-13-27(14-16-28)21-7-4-3-5-8-21)26-18-20-11-12-29(19-20)22-9-6-10-23(17-22)30-2/h3-10,17,20H,11-16,18-19H2,1-2H3,(H,25,26). The maximum atomic E-state index is 5.37. The molecule has 0 spiro atoms. The Morgan fingerprint density at radius 2 is 1.73 bits per heavy atom. The van der Waals surface area contributed by atoms with E-state index in [1.165, 1.54) is 17.8 Å². The molecular weight excluding hydrogens is 374 g/mol. The number of methoxy groups -OCH3 is 1. The molecule has 1 N–H and O–H groups in total. The molecule has 30 heavy (non-hydrogen) atoms. The van der Waals surface area contributed by atoms with Crippen molar-refractivity contribution in [3.63, 3.8) is 0 Å². The lowest BCUT2D eigenvalue weighted by Gasteiger charge is -2.38. The minimum Gasteiger partial charge on any atom is -0.497 e. The van der Waals surface area contributed by atoms with Gasteiger partial charge >= 0.3 is 0 Å². The molecule has 0 saturated carbocycles. The maximum absolute atomic E-state index is 5.37. The second-order valence-electron chi connectivity index (χ2n) is 8.04. The summed E-state index contributed by atoms with van der Waals surface area (Å²) in [5, 5.41) is 3.64. The lowest BCUT2D eigenvalue weighted by molar-refractivity contribution is 0.369. The normalized spacial score (nSPS) is 19.9. The molecule has 2 aliphatic heterocycles. The molecule has 0 bridgehead atoms. The highest BCUT2D eigenvalue weighted by molar-refractivity contribution is 5.80. The summed E-state index contributed by atoms with van der Waals surface area (Å²) < 4.78 is 5.37. The molecular formula is C24H33N5O. The van der Waals surface area contributed by atoms with E-state index in [-0.39, 0.29) is 0 Å². The third-order valence-electron chi connectivity index (χ3n) is 6.17. The van der Waals surface area contributed by atoms with Crippen molar-refractivity contribution >= 4 is 17.3 Å². The fraction of sp³-hybridized carbons (Fsp3) is 0.458. The summed E-state index contributed by atoms with van der Waals surface area (Å²) in [6, 6.07) is 19.0. The van der Waals surface area contributed by atoms with Crippen LogP contribution >= 0.6 is 0 Å². The molecule has 6 heteroatoms. The molecule has 0 aliphatic carbocycles. The van der Waals surface area contributed by atoms with Crippen LogP contribution in [-0.2, 0) is 0 Å². The van der Waals surface area contributed by atoms with Gasteiger partial charge in [-0.3, -0.25) is 4.99 Å². The van der Waals surface area contributed by atoms with Gasteiger partial charge in [0.15, 0.2) is 5.96 Å². The van der Waals surface area contributed by atoms with Crippen LogP contribution < -0.4 is 19.9 Å². The molecule has 2 fully saturated rings. The van der Waals surface area contributed by atoms with Gasteiger partial charge in [0.05, 0.1) is 7.11 Å². The van der Waals surface area contributed by atoms with Crippen LogP contribution in [-0.4, -0.2) is 70.8 Å². The van der Waals surface area contributed by atoms with Crippen molar-refractivity contribution < 1.29 is 4.74 Å². The van der Waals surface area contributed by atoms with Crippen LogP contribution in [0.4, 0.5) is 11.4 Å². The molecule has 2 saturated heterocycles. The summed E-state index contributed by atoms with van der Waals surface area (Å²) in [6.07, 6.45) is 1.20. The first-order chi connectivity index (χ1) is 14.8. The number of para-hydroxylation sites is 1. The van der Waals surface area contributed by atoms with E-state index >= 15 is 0 Å². The monoisotopic (exact) mass is 407 g/mol. The number of aliphatic imine (C=N–C) groups is 1. The van der Waals surface area contributed by atoms with E-state index in [4.69, 9.17) is 4.74 Å². The van der Waals surface area contributed by atoms with Crippen LogP contribution in [0.3, 0.4) is 0 Å². The van der Waals surface area contributed by atoms with E-state index < -0.39 is 0 Å². The van der Waals surface area contributed by atoms with E-state index in [1.54, 1.807) is 7.11 Å². The van der Waals surface area contributed by atoms with Crippen molar-refractivity contribution in [1.82, 2.24) is 10.2 Å². The summed E-state index contributed by atoms with van der Waals surface area (Å²) in [6.45, 7) is 7.17. The smallest absolute Gasteiger partial charge is 0.193 e. The Morgan fingerprint density at radius 3 is 2.47 bits per heavy atom. The molecule has 2 aliphatic rings. The molecule has 160 valence electrons. The topological polar surface area (TPSA) is 43.3 Å². The number of hydrogen-bond donors (Lipinski definition) is 1. The first kappa shape index (κ1) is 20.4. The van der Waals surface area contributed by atoms with Crippen LogP contribution in [0.15, 0.2) is 59.6 Å². The largest absolute Gasteiger partial charge is 0.497 e. The van der Waals surface area contributed by atoms with Crippen molar-refractivity contribution in [3.8, 4) is 5.75 Å². The Morgan fingerprint density at radius 1 is 0.967 bits per heavy atom. The highest BCUT2D eigenvalue weighted by Gasteiger charge is 2.25. The minimum absolute atomic E-state index is 0.624. The number of benzene rings is 2. The number of nitrogens with zero attached hydrogens (tertiary/aromatic N) is 4. The third-order valence-corrected chi connectivity index (χ3v) is 6.17. The number of rotatable bonds is 5. The summed E-state index contributed by atoms with van der Waals surface area (Å²) in [5.41, 5.74) is 2.56. The van der Waals surface area contributed by atoms with Gasteiger partial charge in [-0.15, -0.1) is 0 Å². The van der Waals surface area contributed by atoms with Gasteiger partial charge in [-0.25, -0.2) is 0 Å². The van der Waals surface area contributed by atoms with E-state index in [0.717, 1.165) is 57.5 Å². The van der Waals surface area contributed by atoms with Gasteiger partial charge in [0.25, 0.3) is 0 Å². The highest BCUT2D eigenvalue weighted by Crippen LogP contribution is 2.26. The molecule has 6 nitrogen and oxygen atoms in total. The van der Waals surface area contributed by atoms with Gasteiger partial charge in [-0.1, -0.05) is 24.3 Å². The Balaban J connectivity index is 1.25. The molecule has 2 aromatic rings. The molecule has 0 radical (unpaired) electrons. The van der Waals surface area contributed by atoms with Crippen molar-refractivity contribution in [1.29, 1.82) is 0 Å². The number of nitrogens with one attached hydrogen (secondary N) is 1. The second kappa shape index (κ2) is 9.74. The van der Waals surface area contributed by atoms with E-state index in [9.17, 15) is 0 Å². The van der Waals surface area contributed by atoms with E-state index in [1.807, 2.05) is 13.1 Å². The molecule has 1 atom stereocenters. The fourth-order valence-corrected chi connectivity index (χ4v) is 4.42. The van der Waals surface area contributed by atoms with Crippen LogP contribution in [0.25, 0.3) is 0 Å². The average Bonchev–Trinajstić information content (AvgIpc) is 3.30. The number of hydrogen-bond acceptors (Lipinski definition) is 4. The first-order valence-electron chi connectivity index (χ1n) is 10.9. The van der Waals surface area contributed by atoms with Gasteiger partial charge in [0.2, 0.25) is 0 Å². The quantitative estimate of drug-likeness (QED) is 0.610. The van der Waals surface area contributed by atoms with Gasteiger partial charge in [-0.05, 0) is 36.6 Å². The van der Waals surface area contributed by atoms with Crippen LogP contribution in [0, 0.1) is 5.92 Å². The zero-order valence-corrected chi connectivity index (χ0v) is 18.1. The number of guanidine groups is 1. The fourth-order valence-electron chi connectivity index (χ4n) is 4.42. The minimum atomic E-state index is 0.624. The van der Waals surface area contributed by atoms with Crippen LogP contribution in [0.5, 0.6) is 5.75 Å². The van der Waals surface area contributed by atoms with Crippen LogP contribution in [0.1, 0.15) is 6.42 Å². The summed E-state index contributed by atoms with van der Waals surface area (Å²) in [4.78, 5) is 11.8. The Kier molecular flexibility index (Phi) is 6.62. The average molecular weight is 408 g/mol. The second-order valence-corrected chi connectivity index (χ2v) is 8.04. The number of piperazine rings is 1. The summed E-state index contributed by atoms with van der Waals surface area (Å²) in [7, 11) is 3.62. The zero-order valence-electron chi connectivity index (χ0n) is 18.1. The zero-order chi connectivity index (χ0) is 20.8. The maximum Gasteiger partial charge on any atom is 0.193 e. The Bertz CT molecular complexity index is 832. The van der Waals surface area contributed by atoms with Crippen LogP contribution in [0.2, 0.25) is 0 Å². The van der Waals surface area contributed by atoms with Crippen molar-refractivity contribution in [3.05, 3.63) is 54.6 Å².